The van der Waals surface area contributed by atoms with E-state index in [0.717, 1.165) is 35.5 Å². The Labute approximate surface area is 170 Å². The zero-order chi connectivity index (χ0) is 20.4. The Bertz CT molecular complexity index is 1070. The molecule has 4 rings (SSSR count). The molecule has 1 fully saturated rings. The molecule has 1 N–H and O–H groups in total. The Morgan fingerprint density at radius 3 is 2.69 bits per heavy atom. The molecule has 1 aromatic carbocycles. The number of benzene rings is 1. The van der Waals surface area contributed by atoms with Crippen molar-refractivity contribution in [1.82, 2.24) is 14.5 Å². The van der Waals surface area contributed by atoms with Crippen molar-refractivity contribution in [3.05, 3.63) is 54.4 Å². The number of anilines is 2. The van der Waals surface area contributed by atoms with Crippen molar-refractivity contribution < 1.29 is 4.79 Å². The predicted octanol–water partition coefficient (Wildman–Crippen LogP) is 3.52. The highest BCUT2D eigenvalue weighted by molar-refractivity contribution is 5.92. The van der Waals surface area contributed by atoms with E-state index in [1.807, 2.05) is 29.2 Å². The van der Waals surface area contributed by atoms with Crippen LogP contribution in [0.3, 0.4) is 0 Å². The molecule has 0 saturated carbocycles. The van der Waals surface area contributed by atoms with Gasteiger partial charge in [-0.3, -0.25) is 4.57 Å². The van der Waals surface area contributed by atoms with Gasteiger partial charge >= 0.3 is 6.03 Å². The van der Waals surface area contributed by atoms with E-state index in [1.54, 1.807) is 29.1 Å². The number of piperazine rings is 1. The topological polar surface area (TPSA) is 77.2 Å². The number of aromatic nitrogens is 2. The molecule has 7 nitrogen and oxygen atoms in total. The number of nitriles is 1. The summed E-state index contributed by atoms with van der Waals surface area (Å²) in [5.74, 6) is 0.929. The monoisotopic (exact) mass is 388 g/mol. The molecule has 1 amide bonds. The Balaban J connectivity index is 1.49. The third-order valence-electron chi connectivity index (χ3n) is 5.11. The Morgan fingerprint density at radius 2 is 1.97 bits per heavy atom. The molecule has 1 saturated heterocycles. The Hall–Kier alpha value is -3.53. The predicted molar refractivity (Wildman–Crippen MR) is 114 cm³/mol. The first-order valence-electron chi connectivity index (χ1n) is 9.84. The van der Waals surface area contributed by atoms with Gasteiger partial charge in [-0.2, -0.15) is 5.26 Å². The molecule has 0 radical (unpaired) electrons. The van der Waals surface area contributed by atoms with Crippen LogP contribution in [0.4, 0.5) is 16.3 Å². The molecular formula is C22H24N6O. The highest BCUT2D eigenvalue weighted by Crippen LogP contribution is 2.25. The third-order valence-corrected chi connectivity index (χ3v) is 5.11. The van der Waals surface area contributed by atoms with Crippen LogP contribution < -0.4 is 10.2 Å². The average molecular weight is 388 g/mol. The summed E-state index contributed by atoms with van der Waals surface area (Å²) in [6.45, 7) is 6.89. The van der Waals surface area contributed by atoms with Crippen molar-refractivity contribution >= 4 is 28.4 Å². The van der Waals surface area contributed by atoms with Gasteiger partial charge in [0.05, 0.1) is 22.8 Å². The molecule has 7 heteroatoms. The average Bonchev–Trinajstić information content (AvgIpc) is 3.16. The van der Waals surface area contributed by atoms with Gasteiger partial charge in [0.25, 0.3) is 0 Å². The largest absolute Gasteiger partial charge is 0.380 e. The molecule has 3 aromatic rings. The smallest absolute Gasteiger partial charge is 0.328 e. The summed E-state index contributed by atoms with van der Waals surface area (Å²) >= 11 is 0. The Kier molecular flexibility index (Phi) is 5.09. The fourth-order valence-corrected chi connectivity index (χ4v) is 3.70. The second kappa shape index (κ2) is 7.84. The molecule has 0 unspecified atom stereocenters. The highest BCUT2D eigenvalue weighted by atomic mass is 16.2. The van der Waals surface area contributed by atoms with Crippen molar-refractivity contribution in [3.8, 4) is 6.07 Å². The van der Waals surface area contributed by atoms with Crippen molar-refractivity contribution in [2.24, 2.45) is 0 Å². The molecule has 3 heterocycles. The molecule has 1 aliphatic rings. The van der Waals surface area contributed by atoms with Gasteiger partial charge in [0.2, 0.25) is 0 Å². The summed E-state index contributed by atoms with van der Waals surface area (Å²) < 4.78 is 1.64. The van der Waals surface area contributed by atoms with E-state index in [1.165, 1.54) is 0 Å². The normalized spacial score (nSPS) is 14.3. The number of rotatable bonds is 3. The quantitative estimate of drug-likeness (QED) is 0.743. The first kappa shape index (κ1) is 18.8. The lowest BCUT2D eigenvalue weighted by atomic mass is 10.2. The van der Waals surface area contributed by atoms with E-state index in [4.69, 9.17) is 5.26 Å². The fourth-order valence-electron chi connectivity index (χ4n) is 3.70. The zero-order valence-electron chi connectivity index (χ0n) is 16.7. The second-order valence-electron chi connectivity index (χ2n) is 7.50. The highest BCUT2D eigenvalue weighted by Gasteiger charge is 2.25. The lowest BCUT2D eigenvalue weighted by molar-refractivity contribution is 0.197. The van der Waals surface area contributed by atoms with Gasteiger partial charge in [-0.15, -0.1) is 0 Å². The molecule has 0 atom stereocenters. The number of nitrogens with zero attached hydrogens (tertiary/aromatic N) is 5. The molecule has 2 aromatic heterocycles. The fraction of sp³-hybridized carbons (Fsp3) is 0.318. The number of fused-ring (bicyclic) bond motifs is 1. The van der Waals surface area contributed by atoms with Gasteiger partial charge in [0.15, 0.2) is 5.82 Å². The van der Waals surface area contributed by atoms with Crippen molar-refractivity contribution in [2.75, 3.05) is 36.4 Å². The summed E-state index contributed by atoms with van der Waals surface area (Å²) in [4.78, 5) is 21.7. The standard InChI is InChI=1S/C22H24N6O/c1-16(2)25-19-4-3-8-24-21(19)26-10-12-27(13-11-26)22(29)28-9-7-18-6-5-17(15-23)14-20(18)28/h3-9,14,16,25H,10-13H2,1-2H3. The van der Waals surface area contributed by atoms with Gasteiger partial charge in [0, 0.05) is 50.0 Å². The number of hydrogen-bond acceptors (Lipinski definition) is 5. The van der Waals surface area contributed by atoms with Crippen molar-refractivity contribution in [3.63, 3.8) is 0 Å². The van der Waals surface area contributed by atoms with Crippen molar-refractivity contribution in [1.29, 1.82) is 5.26 Å². The maximum absolute atomic E-state index is 13.1. The number of carbonyl (C=O) groups is 1. The van der Waals surface area contributed by atoms with Crippen LogP contribution in [-0.2, 0) is 0 Å². The van der Waals surface area contributed by atoms with E-state index in [2.05, 4.69) is 35.1 Å². The maximum atomic E-state index is 13.1. The van der Waals surface area contributed by atoms with Crippen LogP contribution in [-0.4, -0.2) is 52.7 Å². The number of carbonyl (C=O) groups excluding carboxylic acids is 1. The van der Waals surface area contributed by atoms with Gasteiger partial charge in [-0.25, -0.2) is 9.78 Å². The van der Waals surface area contributed by atoms with Gasteiger partial charge in [0.1, 0.15) is 0 Å². The summed E-state index contributed by atoms with van der Waals surface area (Å²) in [5.41, 5.74) is 2.34. The van der Waals surface area contributed by atoms with Crippen LogP contribution >= 0.6 is 0 Å². The van der Waals surface area contributed by atoms with Crippen LogP contribution in [0, 0.1) is 11.3 Å². The van der Waals surface area contributed by atoms with E-state index in [0.29, 0.717) is 24.7 Å². The number of hydrogen-bond donors (Lipinski definition) is 1. The molecule has 0 bridgehead atoms. The van der Waals surface area contributed by atoms with Gasteiger partial charge in [-0.05, 0) is 44.2 Å². The van der Waals surface area contributed by atoms with Crippen LogP contribution in [0.1, 0.15) is 19.4 Å². The lowest BCUT2D eigenvalue weighted by Crippen LogP contribution is -2.50. The summed E-state index contributed by atoms with van der Waals surface area (Å²) in [6, 6.07) is 13.7. The van der Waals surface area contributed by atoms with Gasteiger partial charge < -0.3 is 15.1 Å². The maximum Gasteiger partial charge on any atom is 0.328 e. The minimum Gasteiger partial charge on any atom is -0.380 e. The van der Waals surface area contributed by atoms with Gasteiger partial charge in [-0.1, -0.05) is 6.07 Å². The summed E-state index contributed by atoms with van der Waals surface area (Å²) in [7, 11) is 0. The molecular weight excluding hydrogens is 364 g/mol. The van der Waals surface area contributed by atoms with E-state index in [-0.39, 0.29) is 6.03 Å². The molecule has 148 valence electrons. The summed E-state index contributed by atoms with van der Waals surface area (Å²) in [5, 5.41) is 13.6. The van der Waals surface area contributed by atoms with Crippen molar-refractivity contribution in [2.45, 2.75) is 19.9 Å². The van der Waals surface area contributed by atoms with E-state index < -0.39 is 0 Å². The first-order valence-corrected chi connectivity index (χ1v) is 9.84. The third kappa shape index (κ3) is 3.74. The van der Waals surface area contributed by atoms with Crippen LogP contribution in [0.2, 0.25) is 0 Å². The van der Waals surface area contributed by atoms with Crippen LogP contribution in [0.15, 0.2) is 48.8 Å². The first-order chi connectivity index (χ1) is 14.1. The van der Waals surface area contributed by atoms with Crippen LogP contribution in [0.25, 0.3) is 10.9 Å². The molecule has 29 heavy (non-hydrogen) atoms. The van der Waals surface area contributed by atoms with Crippen LogP contribution in [0.5, 0.6) is 0 Å². The number of nitrogens with one attached hydrogen (secondary N) is 1. The number of amides is 1. The molecule has 1 aliphatic heterocycles. The lowest BCUT2D eigenvalue weighted by Gasteiger charge is -2.36. The summed E-state index contributed by atoms with van der Waals surface area (Å²) in [6.07, 6.45) is 3.58. The van der Waals surface area contributed by atoms with E-state index in [9.17, 15) is 4.79 Å². The minimum absolute atomic E-state index is 0.0590. The minimum atomic E-state index is -0.0590. The molecule has 0 spiro atoms. The zero-order valence-corrected chi connectivity index (χ0v) is 16.7. The SMILES string of the molecule is CC(C)Nc1cccnc1N1CCN(C(=O)n2ccc3ccc(C#N)cc32)CC1. The molecule has 0 aliphatic carbocycles. The van der Waals surface area contributed by atoms with E-state index >= 15 is 0 Å². The second-order valence-corrected chi connectivity index (χ2v) is 7.50. The number of pyridine rings is 1. The Morgan fingerprint density at radius 1 is 1.17 bits per heavy atom.